The number of hydrogen-bond donors (Lipinski definition) is 0. The van der Waals surface area contributed by atoms with Crippen LogP contribution in [0, 0.1) is 0 Å². The van der Waals surface area contributed by atoms with Crippen molar-refractivity contribution in [2.24, 2.45) is 0 Å². The molecule has 6 nitrogen and oxygen atoms in total. The first-order valence-electron chi connectivity index (χ1n) is 5.08. The monoisotopic (exact) mass is 242 g/mol. The van der Waals surface area contributed by atoms with Crippen molar-refractivity contribution < 1.29 is 28.7 Å². The third-order valence-electron chi connectivity index (χ3n) is 1.65. The zero-order chi connectivity index (χ0) is 13.4. The molecule has 0 aliphatic heterocycles. The zero-order valence-corrected chi connectivity index (χ0v) is 9.94. The fraction of sp³-hybridized carbons (Fsp3) is 0.455. The first kappa shape index (κ1) is 15.0. The molecule has 0 aliphatic carbocycles. The largest absolute Gasteiger partial charge is 0.390 e. The maximum atomic E-state index is 11.2. The topological polar surface area (TPSA) is 86.7 Å². The van der Waals surface area contributed by atoms with Crippen LogP contribution in [0.5, 0.6) is 0 Å². The smallest absolute Gasteiger partial charge is 0.341 e. The number of rotatable bonds is 4. The van der Waals surface area contributed by atoms with Crippen molar-refractivity contribution in [2.75, 3.05) is 0 Å². The molecule has 94 valence electrons. The molecule has 17 heavy (non-hydrogen) atoms. The summed E-state index contributed by atoms with van der Waals surface area (Å²) >= 11 is 0. The Kier molecular flexibility index (Phi) is 6.47. The first-order valence-corrected chi connectivity index (χ1v) is 5.08. The molecule has 0 bridgehead atoms. The number of carbonyl (C=O) groups is 4. The van der Waals surface area contributed by atoms with E-state index < -0.39 is 23.9 Å². The average Bonchev–Trinajstić information content (AvgIpc) is 2.28. The molecule has 0 saturated heterocycles. The van der Waals surface area contributed by atoms with Crippen LogP contribution in [-0.4, -0.2) is 23.9 Å². The van der Waals surface area contributed by atoms with Crippen molar-refractivity contribution >= 4 is 23.9 Å². The molecule has 0 aromatic heterocycles. The lowest BCUT2D eigenvalue weighted by molar-refractivity contribution is -0.159. The van der Waals surface area contributed by atoms with Crippen LogP contribution >= 0.6 is 0 Å². The SMILES string of the molecule is CCC(=O)OC(=O)/C=C(/C)C(=O)OC(=O)CC. The standard InChI is InChI=1S/C11H14O6/c1-4-8(12)16-10(14)6-7(3)11(15)17-9(13)5-2/h6H,4-5H2,1-3H3/b7-6-. The second kappa shape index (κ2) is 7.32. The van der Waals surface area contributed by atoms with Gasteiger partial charge in [-0.2, -0.15) is 0 Å². The van der Waals surface area contributed by atoms with Crippen LogP contribution in [0.2, 0.25) is 0 Å². The van der Waals surface area contributed by atoms with Crippen LogP contribution in [0.4, 0.5) is 0 Å². The minimum absolute atomic E-state index is 0.0530. The van der Waals surface area contributed by atoms with Crippen LogP contribution in [-0.2, 0) is 28.7 Å². The molecule has 0 N–H and O–H groups in total. The summed E-state index contributed by atoms with van der Waals surface area (Å²) in [4.78, 5) is 43.8. The summed E-state index contributed by atoms with van der Waals surface area (Å²) in [5, 5.41) is 0. The van der Waals surface area contributed by atoms with E-state index in [1.807, 2.05) is 0 Å². The van der Waals surface area contributed by atoms with E-state index in [0.29, 0.717) is 0 Å². The zero-order valence-electron chi connectivity index (χ0n) is 9.94. The Morgan fingerprint density at radius 3 is 1.88 bits per heavy atom. The lowest BCUT2D eigenvalue weighted by atomic mass is 10.3. The number of hydrogen-bond acceptors (Lipinski definition) is 6. The molecule has 0 radical (unpaired) electrons. The molecular formula is C11H14O6. The summed E-state index contributed by atoms with van der Waals surface area (Å²) in [5.74, 6) is -3.29. The first-order chi connectivity index (χ1) is 7.90. The van der Waals surface area contributed by atoms with E-state index in [-0.39, 0.29) is 18.4 Å². The highest BCUT2D eigenvalue weighted by Gasteiger charge is 2.13. The third-order valence-corrected chi connectivity index (χ3v) is 1.65. The van der Waals surface area contributed by atoms with E-state index in [0.717, 1.165) is 6.08 Å². The minimum Gasteiger partial charge on any atom is -0.390 e. The summed E-state index contributed by atoms with van der Waals surface area (Å²) in [7, 11) is 0. The fourth-order valence-electron chi connectivity index (χ4n) is 0.706. The van der Waals surface area contributed by atoms with Crippen LogP contribution in [0.25, 0.3) is 0 Å². The normalized spacial score (nSPS) is 10.6. The van der Waals surface area contributed by atoms with Gasteiger partial charge in [-0.25, -0.2) is 9.59 Å². The maximum Gasteiger partial charge on any atom is 0.341 e. The Morgan fingerprint density at radius 2 is 1.41 bits per heavy atom. The Morgan fingerprint density at radius 1 is 0.941 bits per heavy atom. The molecule has 0 saturated carbocycles. The predicted molar refractivity (Wildman–Crippen MR) is 56.5 cm³/mol. The molecule has 0 spiro atoms. The molecule has 0 unspecified atom stereocenters. The van der Waals surface area contributed by atoms with E-state index in [4.69, 9.17) is 0 Å². The van der Waals surface area contributed by atoms with Crippen molar-refractivity contribution in [2.45, 2.75) is 33.6 Å². The summed E-state index contributed by atoms with van der Waals surface area (Å²) in [5.41, 5.74) is -0.110. The lowest BCUT2D eigenvalue weighted by Crippen LogP contribution is -2.14. The molecule has 0 atom stereocenters. The molecule has 0 aromatic carbocycles. The van der Waals surface area contributed by atoms with Gasteiger partial charge in [-0.15, -0.1) is 0 Å². The molecule has 0 heterocycles. The van der Waals surface area contributed by atoms with Gasteiger partial charge < -0.3 is 9.47 Å². The Labute approximate surface area is 98.6 Å². The van der Waals surface area contributed by atoms with Gasteiger partial charge in [-0.05, 0) is 6.92 Å². The van der Waals surface area contributed by atoms with E-state index in [1.54, 1.807) is 0 Å². The van der Waals surface area contributed by atoms with E-state index in [2.05, 4.69) is 9.47 Å². The van der Waals surface area contributed by atoms with Gasteiger partial charge in [0.05, 0.1) is 0 Å². The highest BCUT2D eigenvalue weighted by Crippen LogP contribution is 2.00. The quantitative estimate of drug-likeness (QED) is 0.413. The van der Waals surface area contributed by atoms with Gasteiger partial charge >= 0.3 is 23.9 Å². The molecule has 0 aromatic rings. The van der Waals surface area contributed by atoms with Crippen molar-refractivity contribution in [1.82, 2.24) is 0 Å². The second-order valence-corrected chi connectivity index (χ2v) is 3.09. The van der Waals surface area contributed by atoms with Gasteiger partial charge in [0.15, 0.2) is 0 Å². The lowest BCUT2D eigenvalue weighted by Gasteiger charge is -2.01. The van der Waals surface area contributed by atoms with Crippen LogP contribution in [0.3, 0.4) is 0 Å². The van der Waals surface area contributed by atoms with Crippen LogP contribution < -0.4 is 0 Å². The molecule has 0 amide bonds. The summed E-state index contributed by atoms with van der Waals surface area (Å²) in [6.07, 6.45) is 0.911. The number of esters is 4. The highest BCUT2D eigenvalue weighted by atomic mass is 16.6. The molecule has 6 heteroatoms. The van der Waals surface area contributed by atoms with Crippen molar-refractivity contribution in [3.05, 3.63) is 11.6 Å². The van der Waals surface area contributed by atoms with E-state index in [9.17, 15) is 19.2 Å². The van der Waals surface area contributed by atoms with Gasteiger partial charge in [0.1, 0.15) is 0 Å². The van der Waals surface area contributed by atoms with Crippen molar-refractivity contribution in [3.63, 3.8) is 0 Å². The number of carbonyl (C=O) groups excluding carboxylic acids is 4. The Balaban J connectivity index is 4.42. The Hall–Kier alpha value is -1.98. The molecule has 0 aliphatic rings. The van der Waals surface area contributed by atoms with E-state index >= 15 is 0 Å². The van der Waals surface area contributed by atoms with Gasteiger partial charge in [0.25, 0.3) is 0 Å². The van der Waals surface area contributed by atoms with Crippen LogP contribution in [0.15, 0.2) is 11.6 Å². The van der Waals surface area contributed by atoms with Crippen molar-refractivity contribution in [3.8, 4) is 0 Å². The predicted octanol–water partition coefficient (Wildman–Crippen LogP) is 0.892. The third kappa shape index (κ3) is 6.24. The van der Waals surface area contributed by atoms with Crippen molar-refractivity contribution in [1.29, 1.82) is 0 Å². The fourth-order valence-corrected chi connectivity index (χ4v) is 0.706. The van der Waals surface area contributed by atoms with Gasteiger partial charge in [0, 0.05) is 24.5 Å². The van der Waals surface area contributed by atoms with Gasteiger partial charge in [-0.3, -0.25) is 9.59 Å². The number of ether oxygens (including phenoxy) is 2. The average molecular weight is 242 g/mol. The van der Waals surface area contributed by atoms with Gasteiger partial charge in [0.2, 0.25) is 0 Å². The van der Waals surface area contributed by atoms with Gasteiger partial charge in [-0.1, -0.05) is 13.8 Å². The summed E-state index contributed by atoms with van der Waals surface area (Å²) < 4.78 is 8.66. The highest BCUT2D eigenvalue weighted by molar-refractivity contribution is 6.01. The molecule has 0 fully saturated rings. The van der Waals surface area contributed by atoms with E-state index in [1.165, 1.54) is 20.8 Å². The summed E-state index contributed by atoms with van der Waals surface area (Å²) in [6, 6.07) is 0. The second-order valence-electron chi connectivity index (χ2n) is 3.09. The maximum absolute atomic E-state index is 11.2. The molecular weight excluding hydrogens is 228 g/mol. The summed E-state index contributed by atoms with van der Waals surface area (Å²) in [6.45, 7) is 4.34. The Bertz CT molecular complexity index is 366. The minimum atomic E-state index is -0.963. The molecule has 0 rings (SSSR count). The van der Waals surface area contributed by atoms with Crippen LogP contribution in [0.1, 0.15) is 33.6 Å².